The Kier molecular flexibility index (Phi) is 10.9. The van der Waals surface area contributed by atoms with Crippen LogP contribution in [0.3, 0.4) is 0 Å². The lowest BCUT2D eigenvalue weighted by Gasteiger charge is -2.37. The maximum absolute atomic E-state index is 14.9. The van der Waals surface area contributed by atoms with Gasteiger partial charge >= 0.3 is 0 Å². The van der Waals surface area contributed by atoms with E-state index in [0.717, 1.165) is 40.9 Å². The zero-order chi connectivity index (χ0) is 38.6. The van der Waals surface area contributed by atoms with Gasteiger partial charge in [-0.2, -0.15) is 0 Å². The first-order chi connectivity index (χ1) is 26.8. The van der Waals surface area contributed by atoms with Crippen LogP contribution in [0.5, 0.6) is 17.2 Å². The van der Waals surface area contributed by atoms with Gasteiger partial charge in [0.15, 0.2) is 11.5 Å². The molecule has 0 saturated heterocycles. The maximum atomic E-state index is 14.9. The highest BCUT2D eigenvalue weighted by atomic mass is 16.7. The molecule has 3 aliphatic heterocycles. The summed E-state index contributed by atoms with van der Waals surface area (Å²) in [6.45, 7) is 5.73. The molecule has 0 fully saturated rings. The van der Waals surface area contributed by atoms with Crippen LogP contribution in [0.25, 0.3) is 11.3 Å². The minimum atomic E-state index is -0.416. The standard InChI is InChI=1S/C42H41N5O6.C2H6/c43-22-31-18-28-5-1-2-6-29(28)24-47(31)41(50)34-21-39-38(52-25-53-39)20-33(34)37-19-35(36-7-3-4-16-45(36)37)42(51)46(30-12-14-32(48)15-13-30)23-27-10-8-26(9-11-27)17-40(44)49;1-2/h1-2,5-6,8-15,19-21,31,48H,3-4,7,16-18,22-25,43H2,(H2,44,49);1-2H3. The predicted molar refractivity (Wildman–Crippen MR) is 211 cm³/mol. The second-order valence-electron chi connectivity index (χ2n) is 13.9. The molecule has 1 atom stereocenters. The second kappa shape index (κ2) is 16.1. The lowest BCUT2D eigenvalue weighted by molar-refractivity contribution is -0.117. The summed E-state index contributed by atoms with van der Waals surface area (Å²) < 4.78 is 13.8. The molecular weight excluding hydrogens is 695 g/mol. The Balaban J connectivity index is 0.00000229. The Hall–Kier alpha value is -6.07. The molecule has 5 aromatic rings. The minimum absolute atomic E-state index is 0.0516. The number of anilines is 1. The van der Waals surface area contributed by atoms with Crippen molar-refractivity contribution < 1.29 is 29.0 Å². The smallest absolute Gasteiger partial charge is 0.260 e. The van der Waals surface area contributed by atoms with E-state index >= 15 is 0 Å². The second-order valence-corrected chi connectivity index (χ2v) is 13.9. The first-order valence-electron chi connectivity index (χ1n) is 19.0. The number of amides is 3. The number of primary amides is 1. The average molecular weight is 742 g/mol. The van der Waals surface area contributed by atoms with Crippen LogP contribution >= 0.6 is 0 Å². The van der Waals surface area contributed by atoms with Crippen molar-refractivity contribution in [2.45, 2.75) is 71.6 Å². The van der Waals surface area contributed by atoms with Gasteiger partial charge in [-0.1, -0.05) is 62.4 Å². The Morgan fingerprint density at radius 2 is 1.55 bits per heavy atom. The topological polar surface area (TPSA) is 153 Å². The number of nitrogens with two attached hydrogens (primary N) is 2. The molecule has 4 aromatic carbocycles. The molecule has 284 valence electrons. The molecule has 5 N–H and O–H groups in total. The fraction of sp³-hybridized carbons (Fsp3) is 0.295. The van der Waals surface area contributed by atoms with Gasteiger partial charge in [0.2, 0.25) is 12.7 Å². The summed E-state index contributed by atoms with van der Waals surface area (Å²) in [7, 11) is 0. The lowest BCUT2D eigenvalue weighted by Crippen LogP contribution is -2.48. The molecule has 0 radical (unpaired) electrons. The number of fused-ring (bicyclic) bond motifs is 3. The number of aromatic nitrogens is 1. The van der Waals surface area contributed by atoms with Crippen molar-refractivity contribution in [2.24, 2.45) is 11.5 Å². The number of ether oxygens (including phenoxy) is 2. The number of hydrogen-bond donors (Lipinski definition) is 3. The number of phenolic OH excluding ortho intramolecular Hbond substituents is 1. The lowest BCUT2D eigenvalue weighted by atomic mass is 9.92. The van der Waals surface area contributed by atoms with Crippen molar-refractivity contribution in [1.82, 2.24) is 9.47 Å². The van der Waals surface area contributed by atoms with E-state index in [1.165, 1.54) is 5.56 Å². The number of aromatic hydroxyl groups is 1. The van der Waals surface area contributed by atoms with Crippen LogP contribution < -0.4 is 25.8 Å². The summed E-state index contributed by atoms with van der Waals surface area (Å²) in [4.78, 5) is 44.6. The van der Waals surface area contributed by atoms with Crippen molar-refractivity contribution in [3.63, 3.8) is 0 Å². The molecule has 3 amide bonds. The number of rotatable bonds is 9. The minimum Gasteiger partial charge on any atom is -0.508 e. The highest BCUT2D eigenvalue weighted by Gasteiger charge is 2.35. The number of carbonyl (C=O) groups is 3. The maximum Gasteiger partial charge on any atom is 0.260 e. The summed E-state index contributed by atoms with van der Waals surface area (Å²) >= 11 is 0. The van der Waals surface area contributed by atoms with Crippen molar-refractivity contribution in [3.8, 4) is 28.5 Å². The average Bonchev–Trinajstić information content (AvgIpc) is 3.84. The quantitative estimate of drug-likeness (QED) is 0.159. The molecule has 11 nitrogen and oxygen atoms in total. The molecular formula is C44H47N5O6. The highest BCUT2D eigenvalue weighted by Crippen LogP contribution is 2.42. The van der Waals surface area contributed by atoms with Crippen LogP contribution in [0.2, 0.25) is 0 Å². The fourth-order valence-corrected chi connectivity index (χ4v) is 7.81. The molecule has 0 bridgehead atoms. The van der Waals surface area contributed by atoms with Gasteiger partial charge in [-0.3, -0.25) is 14.4 Å². The fourth-order valence-electron chi connectivity index (χ4n) is 7.81. The predicted octanol–water partition coefficient (Wildman–Crippen LogP) is 6.35. The van der Waals surface area contributed by atoms with Gasteiger partial charge in [-0.15, -0.1) is 0 Å². The van der Waals surface area contributed by atoms with E-state index in [4.69, 9.17) is 20.9 Å². The van der Waals surface area contributed by atoms with Crippen molar-refractivity contribution in [1.29, 1.82) is 0 Å². The molecule has 3 aliphatic rings. The van der Waals surface area contributed by atoms with Gasteiger partial charge in [-0.05, 0) is 90.4 Å². The van der Waals surface area contributed by atoms with E-state index < -0.39 is 5.91 Å². The number of benzene rings is 4. The third-order valence-electron chi connectivity index (χ3n) is 10.5. The molecule has 0 spiro atoms. The highest BCUT2D eigenvalue weighted by molar-refractivity contribution is 6.09. The van der Waals surface area contributed by atoms with E-state index in [1.807, 2.05) is 67.3 Å². The van der Waals surface area contributed by atoms with Crippen molar-refractivity contribution in [2.75, 3.05) is 18.2 Å². The largest absolute Gasteiger partial charge is 0.508 e. The molecule has 0 aliphatic carbocycles. The number of hydrogen-bond acceptors (Lipinski definition) is 7. The van der Waals surface area contributed by atoms with E-state index in [0.29, 0.717) is 66.4 Å². The summed E-state index contributed by atoms with van der Waals surface area (Å²) in [6.07, 6.45) is 3.33. The number of carbonyl (C=O) groups excluding carboxylic acids is 3. The molecule has 1 aromatic heterocycles. The van der Waals surface area contributed by atoms with Gasteiger partial charge < -0.3 is 40.4 Å². The monoisotopic (exact) mass is 741 g/mol. The molecule has 8 rings (SSSR count). The van der Waals surface area contributed by atoms with Gasteiger partial charge in [0.1, 0.15) is 5.75 Å². The van der Waals surface area contributed by atoms with E-state index in [2.05, 4.69) is 16.7 Å². The Bertz CT molecular complexity index is 2210. The summed E-state index contributed by atoms with van der Waals surface area (Å²) in [6, 6.07) is 27.5. The number of phenols is 1. The van der Waals surface area contributed by atoms with Crippen LogP contribution in [-0.4, -0.2) is 51.7 Å². The van der Waals surface area contributed by atoms with Crippen molar-refractivity contribution >= 4 is 23.4 Å². The third-order valence-corrected chi connectivity index (χ3v) is 10.5. The number of nitrogens with zero attached hydrogens (tertiary/aromatic N) is 3. The first kappa shape index (κ1) is 37.3. The Morgan fingerprint density at radius 1 is 0.855 bits per heavy atom. The summed E-state index contributed by atoms with van der Waals surface area (Å²) in [5, 5.41) is 10.1. The molecule has 11 heteroatoms. The van der Waals surface area contributed by atoms with Crippen molar-refractivity contribution in [3.05, 3.63) is 130 Å². The van der Waals surface area contributed by atoms with E-state index in [-0.39, 0.29) is 43.4 Å². The van der Waals surface area contributed by atoms with Crippen LogP contribution in [0.15, 0.2) is 91.0 Å². The molecule has 1 unspecified atom stereocenters. The molecule has 4 heterocycles. The van der Waals surface area contributed by atoms with Gasteiger partial charge in [0.05, 0.1) is 24.1 Å². The van der Waals surface area contributed by atoms with Crippen LogP contribution in [0.1, 0.15) is 75.4 Å². The van der Waals surface area contributed by atoms with Gasteiger partial charge in [-0.25, -0.2) is 0 Å². The normalized spacial score (nSPS) is 15.3. The first-order valence-corrected chi connectivity index (χ1v) is 19.0. The van der Waals surface area contributed by atoms with Gasteiger partial charge in [0.25, 0.3) is 11.8 Å². The molecule has 55 heavy (non-hydrogen) atoms. The van der Waals surface area contributed by atoms with Crippen LogP contribution in [0, 0.1) is 0 Å². The Morgan fingerprint density at radius 3 is 2.25 bits per heavy atom. The molecule has 0 saturated carbocycles. The Labute approximate surface area is 321 Å². The van der Waals surface area contributed by atoms with Gasteiger partial charge in [0, 0.05) is 48.3 Å². The van der Waals surface area contributed by atoms with E-state index in [9.17, 15) is 19.5 Å². The zero-order valence-electron chi connectivity index (χ0n) is 31.3. The summed E-state index contributed by atoms with van der Waals surface area (Å²) in [5.74, 6) is 0.350. The SMILES string of the molecule is CC.NCC1Cc2ccccc2CN1C(=O)c1cc2c(cc1-c1cc(C(=O)N(Cc3ccc(CC(N)=O)cc3)c3ccc(O)cc3)c3n1CCCC3)OCO2. The van der Waals surface area contributed by atoms with Crippen LogP contribution in [-0.2, 0) is 43.7 Å². The third kappa shape index (κ3) is 7.52. The van der Waals surface area contributed by atoms with E-state index in [1.54, 1.807) is 35.2 Å². The zero-order valence-corrected chi connectivity index (χ0v) is 31.3. The summed E-state index contributed by atoms with van der Waals surface area (Å²) in [5.41, 5.74) is 19.6. The van der Waals surface area contributed by atoms with Crippen LogP contribution in [0.4, 0.5) is 5.69 Å².